The molecule has 1 heterocycles. The Bertz CT molecular complexity index is 455. The van der Waals surface area contributed by atoms with E-state index in [1.54, 1.807) is 0 Å². The van der Waals surface area contributed by atoms with Gasteiger partial charge in [0.1, 0.15) is 0 Å². The van der Waals surface area contributed by atoms with E-state index in [0.717, 1.165) is 5.41 Å². The lowest BCUT2D eigenvalue weighted by molar-refractivity contribution is -0.147. The molecule has 1 saturated heterocycles. The average molecular weight is 288 g/mol. The van der Waals surface area contributed by atoms with E-state index in [1.807, 2.05) is 37.5 Å². The molecule has 1 fully saturated rings. The number of carbonyl (C=O) groups excluding carboxylic acids is 1. The van der Waals surface area contributed by atoms with Crippen LogP contribution in [-0.2, 0) is 14.6 Å². The van der Waals surface area contributed by atoms with Gasteiger partial charge < -0.3 is 4.90 Å². The van der Waals surface area contributed by atoms with Gasteiger partial charge in [-0.3, -0.25) is 9.69 Å². The topological polar surface area (TPSA) is 57.7 Å². The average Bonchev–Trinajstić information content (AvgIpc) is 2.23. The highest BCUT2D eigenvalue weighted by Gasteiger charge is 2.39. The van der Waals surface area contributed by atoms with Crippen molar-refractivity contribution in [3.05, 3.63) is 12.0 Å². The summed E-state index contributed by atoms with van der Waals surface area (Å²) >= 11 is 0. The van der Waals surface area contributed by atoms with Crippen LogP contribution >= 0.6 is 0 Å². The summed E-state index contributed by atoms with van der Waals surface area (Å²) in [6.07, 6.45) is 0. The fourth-order valence-electron chi connectivity index (χ4n) is 2.77. The standard InChI is InChI=1S/C13H24N2O3S/c1-6-19(17,18)8-7-14-9-12(16)15(11(2)3)13(4,5)10-14/h6,11H,1,7-10H2,2-5H3. The van der Waals surface area contributed by atoms with E-state index in [9.17, 15) is 13.2 Å². The summed E-state index contributed by atoms with van der Waals surface area (Å²) in [6.45, 7) is 12.7. The minimum absolute atomic E-state index is 0.0154. The molecule has 0 spiro atoms. The van der Waals surface area contributed by atoms with Crippen LogP contribution in [0.25, 0.3) is 0 Å². The SMILES string of the molecule is C=CS(=O)(=O)CCN1CC(=O)N(C(C)C)C(C)(C)C1. The van der Waals surface area contributed by atoms with Crippen LogP contribution < -0.4 is 0 Å². The second-order valence-electron chi connectivity index (χ2n) is 5.91. The van der Waals surface area contributed by atoms with Crippen LogP contribution in [0.2, 0.25) is 0 Å². The van der Waals surface area contributed by atoms with E-state index < -0.39 is 9.84 Å². The normalized spacial score (nSPS) is 20.9. The monoisotopic (exact) mass is 288 g/mol. The van der Waals surface area contributed by atoms with E-state index in [2.05, 4.69) is 6.58 Å². The Labute approximate surface area is 116 Å². The third-order valence-corrected chi connectivity index (χ3v) is 4.61. The number of rotatable bonds is 5. The minimum Gasteiger partial charge on any atom is -0.333 e. The predicted octanol–water partition coefficient (Wildman–Crippen LogP) is 0.876. The number of carbonyl (C=O) groups is 1. The van der Waals surface area contributed by atoms with E-state index in [0.29, 0.717) is 13.1 Å². The zero-order chi connectivity index (χ0) is 14.8. The maximum atomic E-state index is 12.2. The molecule has 1 amide bonds. The van der Waals surface area contributed by atoms with Crippen LogP contribution in [-0.4, -0.2) is 61.1 Å². The lowest BCUT2D eigenvalue weighted by Gasteiger charge is -2.49. The molecule has 6 heteroatoms. The van der Waals surface area contributed by atoms with Crippen molar-refractivity contribution in [1.82, 2.24) is 9.80 Å². The molecule has 110 valence electrons. The quantitative estimate of drug-likeness (QED) is 0.753. The number of hydrogen-bond acceptors (Lipinski definition) is 4. The Hall–Kier alpha value is -0.880. The zero-order valence-corrected chi connectivity index (χ0v) is 13.0. The molecule has 1 aliphatic rings. The summed E-state index contributed by atoms with van der Waals surface area (Å²) in [4.78, 5) is 16.0. The lowest BCUT2D eigenvalue weighted by atomic mass is 9.96. The minimum atomic E-state index is -3.21. The Morgan fingerprint density at radius 2 is 2.00 bits per heavy atom. The van der Waals surface area contributed by atoms with Gasteiger partial charge in [0.05, 0.1) is 17.8 Å². The maximum Gasteiger partial charge on any atom is 0.237 e. The highest BCUT2D eigenvalue weighted by atomic mass is 32.2. The van der Waals surface area contributed by atoms with Crippen LogP contribution in [0.3, 0.4) is 0 Å². The van der Waals surface area contributed by atoms with Crippen molar-refractivity contribution in [3.8, 4) is 0 Å². The van der Waals surface area contributed by atoms with Crippen LogP contribution in [0.15, 0.2) is 12.0 Å². The second-order valence-corrected chi connectivity index (χ2v) is 7.98. The molecule has 1 rings (SSSR count). The molecule has 0 aromatic carbocycles. The largest absolute Gasteiger partial charge is 0.333 e. The highest BCUT2D eigenvalue weighted by Crippen LogP contribution is 2.24. The first-order chi connectivity index (χ1) is 8.59. The first-order valence-electron chi connectivity index (χ1n) is 6.49. The number of amides is 1. The molecule has 0 N–H and O–H groups in total. The summed E-state index contributed by atoms with van der Waals surface area (Å²) < 4.78 is 22.8. The third-order valence-electron chi connectivity index (χ3n) is 3.35. The van der Waals surface area contributed by atoms with Gasteiger partial charge in [-0.05, 0) is 27.7 Å². The highest BCUT2D eigenvalue weighted by molar-refractivity contribution is 7.94. The molecular weight excluding hydrogens is 264 g/mol. The first-order valence-corrected chi connectivity index (χ1v) is 8.20. The molecule has 1 aliphatic heterocycles. The van der Waals surface area contributed by atoms with Crippen molar-refractivity contribution in [2.45, 2.75) is 39.3 Å². The van der Waals surface area contributed by atoms with Crippen molar-refractivity contribution in [1.29, 1.82) is 0 Å². The Morgan fingerprint density at radius 1 is 1.42 bits per heavy atom. The van der Waals surface area contributed by atoms with Gasteiger partial charge in [-0.1, -0.05) is 6.58 Å². The van der Waals surface area contributed by atoms with Crippen molar-refractivity contribution < 1.29 is 13.2 Å². The molecule has 0 saturated carbocycles. The molecule has 0 unspecified atom stereocenters. The molecule has 0 aromatic heterocycles. The van der Waals surface area contributed by atoms with E-state index in [1.165, 1.54) is 0 Å². The molecule has 5 nitrogen and oxygen atoms in total. The second kappa shape index (κ2) is 5.63. The van der Waals surface area contributed by atoms with Gasteiger partial charge in [0.2, 0.25) is 5.91 Å². The number of nitrogens with zero attached hydrogens (tertiary/aromatic N) is 2. The van der Waals surface area contributed by atoms with Crippen molar-refractivity contribution in [2.24, 2.45) is 0 Å². The van der Waals surface area contributed by atoms with Gasteiger partial charge >= 0.3 is 0 Å². The molecule has 0 bridgehead atoms. The van der Waals surface area contributed by atoms with Gasteiger partial charge in [-0.25, -0.2) is 8.42 Å². The van der Waals surface area contributed by atoms with E-state index in [4.69, 9.17) is 0 Å². The number of piperazine rings is 1. The van der Waals surface area contributed by atoms with Crippen LogP contribution in [0.4, 0.5) is 0 Å². The van der Waals surface area contributed by atoms with Crippen molar-refractivity contribution >= 4 is 15.7 Å². The van der Waals surface area contributed by atoms with Gasteiger partial charge in [0.15, 0.2) is 9.84 Å². The summed E-state index contributed by atoms with van der Waals surface area (Å²) in [5.74, 6) is 0.0731. The molecule has 0 aliphatic carbocycles. The van der Waals surface area contributed by atoms with Gasteiger partial charge in [-0.2, -0.15) is 0 Å². The Morgan fingerprint density at radius 3 is 2.42 bits per heavy atom. The molecule has 0 atom stereocenters. The molecule has 0 radical (unpaired) electrons. The fraction of sp³-hybridized carbons (Fsp3) is 0.769. The van der Waals surface area contributed by atoms with Crippen molar-refractivity contribution in [2.75, 3.05) is 25.4 Å². The first kappa shape index (κ1) is 16.2. The number of hydrogen-bond donors (Lipinski definition) is 0. The number of sulfone groups is 1. The Balaban J connectivity index is 2.73. The smallest absolute Gasteiger partial charge is 0.237 e. The summed E-state index contributed by atoms with van der Waals surface area (Å²) in [5, 5.41) is 0.977. The van der Waals surface area contributed by atoms with Crippen molar-refractivity contribution in [3.63, 3.8) is 0 Å². The van der Waals surface area contributed by atoms with E-state index in [-0.39, 0.29) is 29.8 Å². The van der Waals surface area contributed by atoms with Crippen LogP contribution in [0.1, 0.15) is 27.7 Å². The lowest BCUT2D eigenvalue weighted by Crippen LogP contribution is -2.64. The third kappa shape index (κ3) is 4.04. The molecule has 0 aromatic rings. The summed E-state index contributed by atoms with van der Waals surface area (Å²) in [5.41, 5.74) is -0.276. The van der Waals surface area contributed by atoms with Gasteiger partial charge in [0.25, 0.3) is 0 Å². The van der Waals surface area contributed by atoms with Gasteiger partial charge in [-0.15, -0.1) is 0 Å². The Kier molecular flexibility index (Phi) is 4.79. The van der Waals surface area contributed by atoms with Crippen LogP contribution in [0.5, 0.6) is 0 Å². The predicted molar refractivity (Wildman–Crippen MR) is 76.5 cm³/mol. The van der Waals surface area contributed by atoms with Crippen LogP contribution in [0, 0.1) is 0 Å². The van der Waals surface area contributed by atoms with E-state index >= 15 is 0 Å². The fourth-order valence-corrected chi connectivity index (χ4v) is 3.45. The molecule has 19 heavy (non-hydrogen) atoms. The zero-order valence-electron chi connectivity index (χ0n) is 12.2. The molecular formula is C13H24N2O3S. The maximum absolute atomic E-state index is 12.2. The van der Waals surface area contributed by atoms with Gasteiger partial charge in [0, 0.05) is 24.5 Å². The summed E-state index contributed by atoms with van der Waals surface area (Å²) in [7, 11) is -3.21. The summed E-state index contributed by atoms with van der Waals surface area (Å²) in [6, 6.07) is 0.154.